The maximum atomic E-state index is 13.5. The first-order valence-corrected chi connectivity index (χ1v) is 12.1. The molecule has 2 aliphatic rings. The topological polar surface area (TPSA) is 48.3 Å². The Bertz CT molecular complexity index is 1170. The molecule has 2 aromatic carbocycles. The second-order valence-corrected chi connectivity index (χ2v) is 9.69. The fourth-order valence-electron chi connectivity index (χ4n) is 5.50. The molecule has 194 valence electrons. The van der Waals surface area contributed by atoms with Crippen molar-refractivity contribution in [3.8, 4) is 11.4 Å². The van der Waals surface area contributed by atoms with Gasteiger partial charge in [-0.1, -0.05) is 30.3 Å². The highest BCUT2D eigenvalue weighted by molar-refractivity contribution is 5.85. The highest BCUT2D eigenvalue weighted by Crippen LogP contribution is 2.50. The summed E-state index contributed by atoms with van der Waals surface area (Å²) in [5.74, 6) is -0.267. The van der Waals surface area contributed by atoms with Gasteiger partial charge in [-0.15, -0.1) is 12.4 Å². The average molecular weight is 522 g/mol. The summed E-state index contributed by atoms with van der Waals surface area (Å²) in [4.78, 5) is 3.55. The summed E-state index contributed by atoms with van der Waals surface area (Å²) in [6.45, 7) is 5.29. The van der Waals surface area contributed by atoms with Crippen LogP contribution in [0.25, 0.3) is 5.69 Å². The van der Waals surface area contributed by atoms with Crippen LogP contribution < -0.4 is 10.1 Å². The zero-order chi connectivity index (χ0) is 24.6. The lowest BCUT2D eigenvalue weighted by atomic mass is 9.77. The monoisotopic (exact) mass is 521 g/mol. The molecule has 2 saturated heterocycles. The zero-order valence-electron chi connectivity index (χ0n) is 20.3. The molecule has 9 heteroatoms. The molecule has 0 bridgehead atoms. The third-order valence-electron chi connectivity index (χ3n) is 6.92. The van der Waals surface area contributed by atoms with Crippen LogP contribution in [0.4, 0.5) is 13.2 Å². The molecule has 5 nitrogen and oxygen atoms in total. The minimum absolute atomic E-state index is 0. The summed E-state index contributed by atoms with van der Waals surface area (Å²) in [6.07, 6.45) is 0.594. The Morgan fingerprint density at radius 3 is 2.67 bits per heavy atom. The first-order valence-electron chi connectivity index (χ1n) is 12.1. The van der Waals surface area contributed by atoms with Gasteiger partial charge in [-0.3, -0.25) is 4.57 Å². The predicted octanol–water partition coefficient (Wildman–Crippen LogP) is 6.47. The highest BCUT2D eigenvalue weighted by Gasteiger charge is 2.49. The van der Waals surface area contributed by atoms with E-state index in [0.29, 0.717) is 18.0 Å². The van der Waals surface area contributed by atoms with E-state index in [4.69, 9.17) is 9.47 Å². The van der Waals surface area contributed by atoms with Crippen LogP contribution in [0.2, 0.25) is 0 Å². The van der Waals surface area contributed by atoms with Crippen molar-refractivity contribution < 1.29 is 22.6 Å². The number of imidazole rings is 1. The molecule has 1 spiro atoms. The number of hydrogen-bond acceptors (Lipinski definition) is 4. The maximum Gasteiger partial charge on any atom is 0.450 e. The standard InChI is InChI=1S/C27H30F3N3O2.ClH/c1-18(2)35-23-10-9-21(33-14-13-32-25(33)27(28,29)30)15-22(23)20-16-26(34-17-20)11-6-12-31-24(26)19-7-4-3-5-8-19;/h3-5,7-10,13-15,18,20,24,31H,6,11-12,16-17H2,1-2H3;1H. The molecule has 1 N–H and O–H groups in total. The molecule has 0 saturated carbocycles. The third kappa shape index (κ3) is 5.12. The molecule has 3 aromatic rings. The molecule has 3 heterocycles. The summed E-state index contributed by atoms with van der Waals surface area (Å²) in [5, 5.41) is 3.65. The van der Waals surface area contributed by atoms with Crippen LogP contribution in [0, 0.1) is 0 Å². The number of ether oxygens (including phenoxy) is 2. The van der Waals surface area contributed by atoms with Gasteiger partial charge in [-0.2, -0.15) is 13.2 Å². The van der Waals surface area contributed by atoms with Gasteiger partial charge in [0.2, 0.25) is 5.82 Å². The molecule has 0 amide bonds. The van der Waals surface area contributed by atoms with E-state index in [1.54, 1.807) is 18.2 Å². The Morgan fingerprint density at radius 2 is 1.94 bits per heavy atom. The van der Waals surface area contributed by atoms with Gasteiger partial charge in [-0.05, 0) is 63.4 Å². The van der Waals surface area contributed by atoms with Crippen LogP contribution in [0.1, 0.15) is 62.0 Å². The Hall–Kier alpha value is -2.55. The number of benzene rings is 2. The van der Waals surface area contributed by atoms with E-state index >= 15 is 0 Å². The molecule has 2 fully saturated rings. The van der Waals surface area contributed by atoms with Crippen LogP contribution in [-0.2, 0) is 10.9 Å². The molecule has 3 unspecified atom stereocenters. The predicted molar refractivity (Wildman–Crippen MR) is 134 cm³/mol. The molecule has 1 aromatic heterocycles. The van der Waals surface area contributed by atoms with E-state index in [2.05, 4.69) is 22.4 Å². The summed E-state index contributed by atoms with van der Waals surface area (Å²) >= 11 is 0. The van der Waals surface area contributed by atoms with Crippen LogP contribution in [0.3, 0.4) is 0 Å². The fourth-order valence-corrected chi connectivity index (χ4v) is 5.50. The first kappa shape index (κ1) is 26.5. The Kier molecular flexibility index (Phi) is 7.69. The molecule has 0 aliphatic carbocycles. The average Bonchev–Trinajstić information content (AvgIpc) is 3.48. The van der Waals surface area contributed by atoms with E-state index in [1.165, 1.54) is 18.0 Å². The van der Waals surface area contributed by atoms with E-state index < -0.39 is 12.0 Å². The van der Waals surface area contributed by atoms with Gasteiger partial charge >= 0.3 is 6.18 Å². The first-order chi connectivity index (χ1) is 16.8. The Labute approximate surface area is 215 Å². The van der Waals surface area contributed by atoms with E-state index in [-0.39, 0.29) is 36.1 Å². The van der Waals surface area contributed by atoms with E-state index in [1.807, 2.05) is 32.0 Å². The maximum absolute atomic E-state index is 13.5. The number of alkyl halides is 3. The smallest absolute Gasteiger partial charge is 0.450 e. The largest absolute Gasteiger partial charge is 0.491 e. The van der Waals surface area contributed by atoms with E-state index in [0.717, 1.165) is 35.9 Å². The highest BCUT2D eigenvalue weighted by atomic mass is 35.5. The van der Waals surface area contributed by atoms with Crippen LogP contribution in [0.15, 0.2) is 60.9 Å². The molecule has 3 atom stereocenters. The van der Waals surface area contributed by atoms with Gasteiger partial charge in [0.05, 0.1) is 24.4 Å². The minimum Gasteiger partial charge on any atom is -0.491 e. The number of hydrogen-bond donors (Lipinski definition) is 1. The molecule has 0 radical (unpaired) electrons. The molecular formula is C27H31ClF3N3O2. The normalized spacial score (nSPS) is 24.2. The van der Waals surface area contributed by atoms with Crippen molar-refractivity contribution in [3.63, 3.8) is 0 Å². The second-order valence-electron chi connectivity index (χ2n) is 9.69. The summed E-state index contributed by atoms with van der Waals surface area (Å²) in [5.41, 5.74) is 2.09. The van der Waals surface area contributed by atoms with Crippen molar-refractivity contribution in [2.24, 2.45) is 0 Å². The summed E-state index contributed by atoms with van der Waals surface area (Å²) < 4.78 is 54.3. The quantitative estimate of drug-likeness (QED) is 0.418. The third-order valence-corrected chi connectivity index (χ3v) is 6.92. The molecule has 5 rings (SSSR count). The molecule has 2 aliphatic heterocycles. The number of nitrogens with zero attached hydrogens (tertiary/aromatic N) is 2. The van der Waals surface area contributed by atoms with Crippen molar-refractivity contribution in [1.82, 2.24) is 14.9 Å². The van der Waals surface area contributed by atoms with Crippen LogP contribution >= 0.6 is 12.4 Å². The van der Waals surface area contributed by atoms with Crippen molar-refractivity contribution in [2.45, 2.75) is 63.0 Å². The van der Waals surface area contributed by atoms with Gasteiger partial charge < -0.3 is 14.8 Å². The Balaban J connectivity index is 0.00000304. The minimum atomic E-state index is -4.55. The van der Waals surface area contributed by atoms with Crippen LogP contribution in [0.5, 0.6) is 5.75 Å². The number of rotatable bonds is 5. The SMILES string of the molecule is CC(C)Oc1ccc(-n2ccnc2C(F)(F)F)cc1C1COC2(CCCNC2c2ccccc2)C1.Cl. The van der Waals surface area contributed by atoms with Gasteiger partial charge in [0, 0.05) is 29.6 Å². The number of nitrogens with one attached hydrogen (secondary N) is 1. The molecular weight excluding hydrogens is 491 g/mol. The van der Waals surface area contributed by atoms with Crippen LogP contribution in [-0.4, -0.2) is 34.4 Å². The van der Waals surface area contributed by atoms with Crippen molar-refractivity contribution in [1.29, 1.82) is 0 Å². The van der Waals surface area contributed by atoms with Gasteiger partial charge in [0.25, 0.3) is 0 Å². The lowest BCUT2D eigenvalue weighted by Crippen LogP contribution is -2.48. The Morgan fingerprint density at radius 1 is 1.17 bits per heavy atom. The summed E-state index contributed by atoms with van der Waals surface area (Å²) in [7, 11) is 0. The van der Waals surface area contributed by atoms with Gasteiger partial charge in [0.1, 0.15) is 5.75 Å². The fraction of sp³-hybridized carbons (Fsp3) is 0.444. The van der Waals surface area contributed by atoms with Crippen molar-refractivity contribution in [2.75, 3.05) is 13.2 Å². The van der Waals surface area contributed by atoms with Crippen molar-refractivity contribution >= 4 is 12.4 Å². The van der Waals surface area contributed by atoms with Crippen molar-refractivity contribution in [3.05, 3.63) is 77.9 Å². The van der Waals surface area contributed by atoms with Gasteiger partial charge in [-0.25, -0.2) is 4.98 Å². The number of piperidine rings is 1. The van der Waals surface area contributed by atoms with E-state index in [9.17, 15) is 13.2 Å². The lowest BCUT2D eigenvalue weighted by Gasteiger charge is -2.41. The summed E-state index contributed by atoms with van der Waals surface area (Å²) in [6, 6.07) is 15.6. The lowest BCUT2D eigenvalue weighted by molar-refractivity contribution is -0.145. The van der Waals surface area contributed by atoms with Gasteiger partial charge in [0.15, 0.2) is 0 Å². The number of aromatic nitrogens is 2. The zero-order valence-corrected chi connectivity index (χ0v) is 21.1. The second kappa shape index (κ2) is 10.4. The molecule has 36 heavy (non-hydrogen) atoms. The number of halogens is 4.